The Labute approximate surface area is 135 Å². The predicted molar refractivity (Wildman–Crippen MR) is 90.7 cm³/mol. The first-order valence-corrected chi connectivity index (χ1v) is 9.98. The highest BCUT2D eigenvalue weighted by Crippen LogP contribution is 2.42. The highest BCUT2D eigenvalue weighted by Gasteiger charge is 2.53. The van der Waals surface area contributed by atoms with Crippen molar-refractivity contribution in [3.63, 3.8) is 0 Å². The molecule has 5 heteroatoms. The van der Waals surface area contributed by atoms with Crippen LogP contribution >= 0.6 is 23.1 Å². The smallest absolute Gasteiger partial charge is 0.244 e. The van der Waals surface area contributed by atoms with Gasteiger partial charge in [-0.1, -0.05) is 19.8 Å². The second-order valence-corrected chi connectivity index (χ2v) is 8.21. The van der Waals surface area contributed by atoms with Gasteiger partial charge in [-0.2, -0.15) is 23.1 Å². The molecule has 21 heavy (non-hydrogen) atoms. The van der Waals surface area contributed by atoms with Gasteiger partial charge in [0.1, 0.15) is 6.17 Å². The predicted octanol–water partition coefficient (Wildman–Crippen LogP) is 3.63. The highest BCUT2D eigenvalue weighted by atomic mass is 32.2. The summed E-state index contributed by atoms with van der Waals surface area (Å²) < 4.78 is 0. The molecule has 1 aromatic rings. The number of amides is 1. The lowest BCUT2D eigenvalue weighted by atomic mass is 9.98. The summed E-state index contributed by atoms with van der Waals surface area (Å²) in [6, 6.07) is 2.43. The fraction of sp³-hybridized carbons (Fsp3) is 0.688. The Hall–Kier alpha value is -0.520. The second kappa shape index (κ2) is 6.31. The van der Waals surface area contributed by atoms with Crippen molar-refractivity contribution in [3.8, 4) is 0 Å². The third-order valence-corrected chi connectivity index (χ3v) is 6.52. The molecule has 0 aromatic carbocycles. The maximum atomic E-state index is 13.1. The van der Waals surface area contributed by atoms with Gasteiger partial charge in [-0.15, -0.1) is 0 Å². The molecule has 2 unspecified atom stereocenters. The molecule has 1 aliphatic carbocycles. The van der Waals surface area contributed by atoms with E-state index >= 15 is 0 Å². The van der Waals surface area contributed by atoms with Crippen LogP contribution in [0.1, 0.15) is 51.3 Å². The number of hydrogen-bond acceptors (Lipinski definition) is 4. The van der Waals surface area contributed by atoms with E-state index in [1.165, 1.54) is 18.4 Å². The number of rotatable bonds is 5. The number of nitrogens with one attached hydrogen (secondary N) is 1. The Morgan fingerprint density at radius 2 is 2.29 bits per heavy atom. The van der Waals surface area contributed by atoms with Gasteiger partial charge in [-0.25, -0.2) is 0 Å². The molecule has 3 rings (SSSR count). The van der Waals surface area contributed by atoms with Crippen LogP contribution in [0.15, 0.2) is 16.8 Å². The van der Waals surface area contributed by atoms with Gasteiger partial charge in [0.15, 0.2) is 0 Å². The molecule has 2 atom stereocenters. The third kappa shape index (κ3) is 2.76. The summed E-state index contributed by atoms with van der Waals surface area (Å²) >= 11 is 3.62. The maximum absolute atomic E-state index is 13.1. The van der Waals surface area contributed by atoms with E-state index in [0.717, 1.165) is 24.3 Å². The zero-order valence-electron chi connectivity index (χ0n) is 12.8. The van der Waals surface area contributed by atoms with Crippen LogP contribution < -0.4 is 5.32 Å². The van der Waals surface area contributed by atoms with Crippen LogP contribution in [-0.2, 0) is 4.79 Å². The molecule has 0 bridgehead atoms. The van der Waals surface area contributed by atoms with Gasteiger partial charge < -0.3 is 4.90 Å². The maximum Gasteiger partial charge on any atom is 0.244 e. The van der Waals surface area contributed by atoms with E-state index in [1.54, 1.807) is 11.3 Å². The number of carbonyl (C=O) groups is 1. The SMILES string of the molecule is CCSCC(C)N1C(=O)C2(CCCC2)NC1c1ccsc1. The summed E-state index contributed by atoms with van der Waals surface area (Å²) in [7, 11) is 0. The summed E-state index contributed by atoms with van der Waals surface area (Å²) in [5.74, 6) is 2.45. The molecule has 0 radical (unpaired) electrons. The molecule has 1 aliphatic heterocycles. The molecule has 116 valence electrons. The van der Waals surface area contributed by atoms with Crippen LogP contribution in [0.2, 0.25) is 0 Å². The Bertz CT molecular complexity index is 482. The molecule has 1 N–H and O–H groups in total. The zero-order chi connectivity index (χ0) is 14.9. The van der Waals surface area contributed by atoms with Crippen LogP contribution in [0.25, 0.3) is 0 Å². The number of carbonyl (C=O) groups excluding carboxylic acids is 1. The van der Waals surface area contributed by atoms with Crippen LogP contribution in [0, 0.1) is 0 Å². The molecule has 1 aromatic heterocycles. The van der Waals surface area contributed by atoms with Gasteiger partial charge in [-0.05, 0) is 47.9 Å². The molecule has 1 spiro atoms. The zero-order valence-corrected chi connectivity index (χ0v) is 14.4. The Morgan fingerprint density at radius 3 is 2.90 bits per heavy atom. The van der Waals surface area contributed by atoms with Crippen LogP contribution in [0.4, 0.5) is 0 Å². The quantitative estimate of drug-likeness (QED) is 0.897. The number of nitrogens with zero attached hydrogens (tertiary/aromatic N) is 1. The largest absolute Gasteiger partial charge is 0.318 e. The fourth-order valence-electron chi connectivity index (χ4n) is 3.59. The summed E-state index contributed by atoms with van der Waals surface area (Å²) in [5.41, 5.74) is 0.961. The molecule has 3 nitrogen and oxygen atoms in total. The monoisotopic (exact) mass is 324 g/mol. The van der Waals surface area contributed by atoms with Gasteiger partial charge >= 0.3 is 0 Å². The third-order valence-electron chi connectivity index (χ3n) is 4.69. The van der Waals surface area contributed by atoms with Gasteiger partial charge in [-0.3, -0.25) is 10.1 Å². The second-order valence-electron chi connectivity index (χ2n) is 6.11. The minimum atomic E-state index is -0.280. The van der Waals surface area contributed by atoms with Gasteiger partial charge in [0.05, 0.1) is 5.54 Å². The summed E-state index contributed by atoms with van der Waals surface area (Å²) in [4.78, 5) is 15.2. The van der Waals surface area contributed by atoms with Crippen molar-refractivity contribution in [1.82, 2.24) is 10.2 Å². The molecule has 2 heterocycles. The first kappa shape index (κ1) is 15.4. The molecule has 1 saturated heterocycles. The molecular formula is C16H24N2OS2. The van der Waals surface area contributed by atoms with Crippen molar-refractivity contribution in [2.75, 3.05) is 11.5 Å². The Balaban J connectivity index is 1.87. The van der Waals surface area contributed by atoms with Crippen LogP contribution in [-0.4, -0.2) is 33.9 Å². The van der Waals surface area contributed by atoms with E-state index in [1.807, 2.05) is 11.8 Å². The normalized spacial score (nSPS) is 25.9. The molecule has 1 amide bonds. The number of hydrogen-bond donors (Lipinski definition) is 1. The molecular weight excluding hydrogens is 300 g/mol. The Kier molecular flexibility index (Phi) is 4.62. The van der Waals surface area contributed by atoms with Crippen molar-refractivity contribution in [2.24, 2.45) is 0 Å². The lowest BCUT2D eigenvalue weighted by molar-refractivity contribution is -0.134. The molecule has 2 aliphatic rings. The van der Waals surface area contributed by atoms with E-state index in [4.69, 9.17) is 0 Å². The minimum absolute atomic E-state index is 0.0642. The standard InChI is InChI=1S/C16H24N2OS2/c1-3-20-10-12(2)18-14(13-6-9-21-11-13)17-16(15(18)19)7-4-5-8-16/h6,9,11-12,14,17H,3-5,7-8,10H2,1-2H3. The summed E-state index contributed by atoms with van der Waals surface area (Å²) in [6.07, 6.45) is 4.39. The molecule has 2 fully saturated rings. The topological polar surface area (TPSA) is 32.3 Å². The van der Waals surface area contributed by atoms with Crippen molar-refractivity contribution in [1.29, 1.82) is 0 Å². The van der Waals surface area contributed by atoms with Crippen molar-refractivity contribution in [2.45, 2.75) is 57.3 Å². The average Bonchev–Trinajstić information content (AvgIpc) is 3.19. The van der Waals surface area contributed by atoms with Gasteiger partial charge in [0.25, 0.3) is 0 Å². The van der Waals surface area contributed by atoms with Crippen molar-refractivity contribution in [3.05, 3.63) is 22.4 Å². The summed E-state index contributed by atoms with van der Waals surface area (Å²) in [5, 5.41) is 7.97. The van der Waals surface area contributed by atoms with Gasteiger partial charge in [0.2, 0.25) is 5.91 Å². The van der Waals surface area contributed by atoms with E-state index in [0.29, 0.717) is 5.91 Å². The Morgan fingerprint density at radius 1 is 1.52 bits per heavy atom. The van der Waals surface area contributed by atoms with E-state index < -0.39 is 0 Å². The molecule has 1 saturated carbocycles. The van der Waals surface area contributed by atoms with Crippen LogP contribution in [0.5, 0.6) is 0 Å². The van der Waals surface area contributed by atoms with Crippen molar-refractivity contribution >= 4 is 29.0 Å². The first-order valence-electron chi connectivity index (χ1n) is 7.88. The van der Waals surface area contributed by atoms with E-state index in [-0.39, 0.29) is 17.7 Å². The highest BCUT2D eigenvalue weighted by molar-refractivity contribution is 7.99. The fourth-order valence-corrected chi connectivity index (χ4v) is 5.01. The van der Waals surface area contributed by atoms with E-state index in [2.05, 4.69) is 40.9 Å². The average molecular weight is 325 g/mol. The number of thiophene rings is 1. The lowest BCUT2D eigenvalue weighted by Gasteiger charge is -2.30. The van der Waals surface area contributed by atoms with Gasteiger partial charge in [0, 0.05) is 11.8 Å². The van der Waals surface area contributed by atoms with E-state index in [9.17, 15) is 4.79 Å². The van der Waals surface area contributed by atoms with Crippen molar-refractivity contribution < 1.29 is 4.79 Å². The lowest BCUT2D eigenvalue weighted by Crippen LogP contribution is -2.45. The minimum Gasteiger partial charge on any atom is -0.318 e. The number of thioether (sulfide) groups is 1. The van der Waals surface area contributed by atoms with Crippen LogP contribution in [0.3, 0.4) is 0 Å². The first-order chi connectivity index (χ1) is 10.2. The summed E-state index contributed by atoms with van der Waals surface area (Å²) in [6.45, 7) is 4.37.